The van der Waals surface area contributed by atoms with Crippen LogP contribution < -0.4 is 9.64 Å². The van der Waals surface area contributed by atoms with Gasteiger partial charge in [0.05, 0.1) is 23.4 Å². The van der Waals surface area contributed by atoms with Crippen molar-refractivity contribution in [2.75, 3.05) is 43.9 Å². The van der Waals surface area contributed by atoms with Crippen molar-refractivity contribution in [3.63, 3.8) is 0 Å². The van der Waals surface area contributed by atoms with E-state index < -0.39 is 0 Å². The van der Waals surface area contributed by atoms with Crippen LogP contribution in [0.5, 0.6) is 5.75 Å². The minimum atomic E-state index is 0.117. The van der Waals surface area contributed by atoms with Gasteiger partial charge < -0.3 is 19.5 Å². The lowest BCUT2D eigenvalue weighted by Gasteiger charge is -2.36. The number of hydrogen-bond donors (Lipinski definition) is 1. The Hall–Kier alpha value is -2.45. The highest BCUT2D eigenvalue weighted by Crippen LogP contribution is 2.23. The summed E-state index contributed by atoms with van der Waals surface area (Å²) < 4.78 is 5.20. The van der Waals surface area contributed by atoms with Gasteiger partial charge in [0.1, 0.15) is 5.75 Å². The number of methoxy groups -OCH3 is 1. The van der Waals surface area contributed by atoms with Crippen molar-refractivity contribution in [3.05, 3.63) is 41.6 Å². The highest BCUT2D eigenvalue weighted by Gasteiger charge is 2.21. The standard InChI is InChI=1S/C19H20ClN5O2S/c1-27-15-4-2-14(3-5-15)24-6-8-25(9-7-24)17(26)12-28-19-22-16-10-13(20)11-21-18(16)23-19/h2-5,10-11H,6-9,12H2,1H3,(H,21,22,23). The molecule has 9 heteroatoms. The van der Waals surface area contributed by atoms with Crippen molar-refractivity contribution in [2.24, 2.45) is 0 Å². The first-order valence-electron chi connectivity index (χ1n) is 8.93. The van der Waals surface area contributed by atoms with Gasteiger partial charge in [-0.15, -0.1) is 0 Å². The lowest BCUT2D eigenvalue weighted by Crippen LogP contribution is -2.49. The molecule has 7 nitrogen and oxygen atoms in total. The summed E-state index contributed by atoms with van der Waals surface area (Å²) in [5.74, 6) is 1.30. The SMILES string of the molecule is COc1ccc(N2CCN(C(=O)CSc3nc4ncc(Cl)cc4[nH]3)CC2)cc1. The molecule has 4 rings (SSSR count). The first kappa shape index (κ1) is 18.9. The molecule has 0 radical (unpaired) electrons. The quantitative estimate of drug-likeness (QED) is 0.643. The molecule has 28 heavy (non-hydrogen) atoms. The minimum absolute atomic E-state index is 0.117. The predicted octanol–water partition coefficient (Wildman–Crippen LogP) is 3.06. The summed E-state index contributed by atoms with van der Waals surface area (Å²) in [4.78, 5) is 28.5. The van der Waals surface area contributed by atoms with E-state index >= 15 is 0 Å². The fraction of sp³-hybridized carbons (Fsp3) is 0.316. The van der Waals surface area contributed by atoms with E-state index in [0.717, 1.165) is 30.0 Å². The molecule has 0 atom stereocenters. The second-order valence-corrected chi connectivity index (χ2v) is 7.82. The molecular weight excluding hydrogens is 398 g/mol. The maximum Gasteiger partial charge on any atom is 0.233 e. The summed E-state index contributed by atoms with van der Waals surface area (Å²) in [5.41, 5.74) is 2.53. The molecule has 0 bridgehead atoms. The normalized spacial score (nSPS) is 14.5. The number of nitrogens with one attached hydrogen (secondary N) is 1. The van der Waals surface area contributed by atoms with E-state index in [2.05, 4.69) is 19.9 Å². The van der Waals surface area contributed by atoms with Gasteiger partial charge >= 0.3 is 0 Å². The number of aromatic amines is 1. The van der Waals surface area contributed by atoms with Crippen LogP contribution in [0.3, 0.4) is 0 Å². The van der Waals surface area contributed by atoms with E-state index in [1.54, 1.807) is 19.4 Å². The maximum atomic E-state index is 12.6. The lowest BCUT2D eigenvalue weighted by molar-refractivity contribution is -0.128. The van der Waals surface area contributed by atoms with Crippen LogP contribution in [-0.2, 0) is 4.79 Å². The molecule has 1 amide bonds. The fourth-order valence-electron chi connectivity index (χ4n) is 3.15. The zero-order valence-electron chi connectivity index (χ0n) is 15.4. The van der Waals surface area contributed by atoms with Gasteiger partial charge in [0.2, 0.25) is 5.91 Å². The van der Waals surface area contributed by atoms with Crippen molar-refractivity contribution in [3.8, 4) is 5.75 Å². The minimum Gasteiger partial charge on any atom is -0.497 e. The number of benzene rings is 1. The van der Waals surface area contributed by atoms with Gasteiger partial charge in [0.15, 0.2) is 10.8 Å². The number of imidazole rings is 1. The second kappa shape index (κ2) is 8.28. The van der Waals surface area contributed by atoms with E-state index in [1.165, 1.54) is 11.8 Å². The highest BCUT2D eigenvalue weighted by molar-refractivity contribution is 7.99. The number of ether oxygens (including phenoxy) is 1. The molecule has 1 aliphatic rings. The average Bonchev–Trinajstić information content (AvgIpc) is 3.14. The zero-order chi connectivity index (χ0) is 19.5. The van der Waals surface area contributed by atoms with Crippen molar-refractivity contribution in [2.45, 2.75) is 5.16 Å². The first-order chi connectivity index (χ1) is 13.6. The fourth-order valence-corrected chi connectivity index (χ4v) is 4.08. The van der Waals surface area contributed by atoms with Gasteiger partial charge in [-0.25, -0.2) is 9.97 Å². The Labute approximate surface area is 172 Å². The van der Waals surface area contributed by atoms with Crippen LogP contribution in [0.4, 0.5) is 5.69 Å². The molecule has 2 aromatic heterocycles. The number of rotatable bonds is 5. The Kier molecular flexibility index (Phi) is 5.59. The lowest BCUT2D eigenvalue weighted by atomic mass is 10.2. The molecule has 1 aliphatic heterocycles. The van der Waals surface area contributed by atoms with E-state index in [1.807, 2.05) is 29.2 Å². The summed E-state index contributed by atoms with van der Waals surface area (Å²) in [6.07, 6.45) is 1.56. The topological polar surface area (TPSA) is 74.3 Å². The predicted molar refractivity (Wildman–Crippen MR) is 111 cm³/mol. The molecule has 1 aromatic carbocycles. The van der Waals surface area contributed by atoms with Gasteiger partial charge in [-0.3, -0.25) is 4.79 Å². The molecule has 0 saturated carbocycles. The number of amides is 1. The number of carbonyl (C=O) groups is 1. The molecule has 1 N–H and O–H groups in total. The number of halogens is 1. The van der Waals surface area contributed by atoms with Gasteiger partial charge in [-0.05, 0) is 30.3 Å². The van der Waals surface area contributed by atoms with Crippen LogP contribution in [0.1, 0.15) is 0 Å². The van der Waals surface area contributed by atoms with Crippen LogP contribution in [0.15, 0.2) is 41.7 Å². The smallest absolute Gasteiger partial charge is 0.233 e. The van der Waals surface area contributed by atoms with Crippen molar-refractivity contribution >= 4 is 46.1 Å². The summed E-state index contributed by atoms with van der Waals surface area (Å²) in [5, 5.41) is 1.23. The summed E-state index contributed by atoms with van der Waals surface area (Å²) in [6.45, 7) is 3.05. The number of nitrogens with zero attached hydrogens (tertiary/aromatic N) is 4. The number of carbonyl (C=O) groups excluding carboxylic acids is 1. The number of H-pyrrole nitrogens is 1. The van der Waals surface area contributed by atoms with Crippen LogP contribution in [0.2, 0.25) is 5.02 Å². The third kappa shape index (κ3) is 4.18. The molecular formula is C19H20ClN5O2S. The molecule has 0 spiro atoms. The number of pyridine rings is 1. The number of fused-ring (bicyclic) bond motifs is 1. The Morgan fingerprint density at radius 3 is 2.71 bits per heavy atom. The van der Waals surface area contributed by atoms with Crippen LogP contribution in [-0.4, -0.2) is 64.8 Å². The Bertz CT molecular complexity index is 970. The average molecular weight is 418 g/mol. The third-order valence-electron chi connectivity index (χ3n) is 4.68. The van der Waals surface area contributed by atoms with E-state index in [9.17, 15) is 4.79 Å². The summed E-state index contributed by atoms with van der Waals surface area (Å²) in [6, 6.07) is 9.79. The number of piperazine rings is 1. The van der Waals surface area contributed by atoms with Crippen molar-refractivity contribution in [1.29, 1.82) is 0 Å². The van der Waals surface area contributed by atoms with Crippen molar-refractivity contribution < 1.29 is 9.53 Å². The molecule has 0 unspecified atom stereocenters. The third-order valence-corrected chi connectivity index (χ3v) is 5.75. The van der Waals surface area contributed by atoms with E-state index in [0.29, 0.717) is 34.7 Å². The first-order valence-corrected chi connectivity index (χ1v) is 10.3. The number of thioether (sulfide) groups is 1. The van der Waals surface area contributed by atoms with Crippen LogP contribution in [0.25, 0.3) is 11.2 Å². The van der Waals surface area contributed by atoms with Crippen molar-refractivity contribution in [1.82, 2.24) is 19.9 Å². The number of hydrogen-bond acceptors (Lipinski definition) is 6. The molecule has 3 aromatic rings. The molecule has 3 heterocycles. The maximum absolute atomic E-state index is 12.6. The van der Waals surface area contributed by atoms with Gasteiger partial charge in [0.25, 0.3) is 0 Å². The Balaban J connectivity index is 1.29. The molecule has 1 saturated heterocycles. The number of anilines is 1. The Morgan fingerprint density at radius 2 is 2.00 bits per heavy atom. The van der Waals surface area contributed by atoms with Crippen LogP contribution in [0, 0.1) is 0 Å². The summed E-state index contributed by atoms with van der Waals surface area (Å²) >= 11 is 7.33. The van der Waals surface area contributed by atoms with E-state index in [-0.39, 0.29) is 5.91 Å². The zero-order valence-corrected chi connectivity index (χ0v) is 17.0. The second-order valence-electron chi connectivity index (χ2n) is 6.42. The van der Waals surface area contributed by atoms with Gasteiger partial charge in [-0.2, -0.15) is 0 Å². The van der Waals surface area contributed by atoms with E-state index in [4.69, 9.17) is 16.3 Å². The largest absolute Gasteiger partial charge is 0.497 e. The van der Waals surface area contributed by atoms with Crippen LogP contribution >= 0.6 is 23.4 Å². The highest BCUT2D eigenvalue weighted by atomic mass is 35.5. The molecule has 0 aliphatic carbocycles. The molecule has 146 valence electrons. The van der Waals surface area contributed by atoms with Gasteiger partial charge in [-0.1, -0.05) is 23.4 Å². The Morgan fingerprint density at radius 1 is 1.25 bits per heavy atom. The summed E-state index contributed by atoms with van der Waals surface area (Å²) in [7, 11) is 1.66. The van der Waals surface area contributed by atoms with Gasteiger partial charge in [0, 0.05) is 38.1 Å². The monoisotopic (exact) mass is 417 g/mol. The number of aromatic nitrogens is 3. The molecule has 1 fully saturated rings.